The highest BCUT2D eigenvalue weighted by atomic mass is 16.2. The third-order valence-corrected chi connectivity index (χ3v) is 6.91. The Morgan fingerprint density at radius 3 is 2.19 bits per heavy atom. The average molecular weight is 361 g/mol. The summed E-state index contributed by atoms with van der Waals surface area (Å²) >= 11 is 0. The van der Waals surface area contributed by atoms with Gasteiger partial charge in [0.05, 0.1) is 0 Å². The molecular formula is C20H31N3O3. The molecule has 5 aliphatic rings. The number of carbonyl (C=O) groups excluding carboxylic acids is 3. The van der Waals surface area contributed by atoms with Crippen molar-refractivity contribution in [3.63, 3.8) is 0 Å². The van der Waals surface area contributed by atoms with E-state index < -0.39 is 11.6 Å². The van der Waals surface area contributed by atoms with Crippen LogP contribution in [-0.2, 0) is 9.59 Å². The molecule has 4 amide bonds. The molecule has 1 heterocycles. The van der Waals surface area contributed by atoms with Crippen LogP contribution in [-0.4, -0.2) is 40.4 Å². The second-order valence-corrected chi connectivity index (χ2v) is 10.00. The van der Waals surface area contributed by atoms with Crippen molar-refractivity contribution in [3.8, 4) is 0 Å². The minimum Gasteiger partial charge on any atom is -0.349 e. The van der Waals surface area contributed by atoms with E-state index in [-0.39, 0.29) is 29.8 Å². The van der Waals surface area contributed by atoms with Crippen LogP contribution in [0.2, 0.25) is 0 Å². The van der Waals surface area contributed by atoms with Gasteiger partial charge in [-0.2, -0.15) is 0 Å². The summed E-state index contributed by atoms with van der Waals surface area (Å²) < 4.78 is 0. The molecule has 1 aliphatic heterocycles. The summed E-state index contributed by atoms with van der Waals surface area (Å²) in [4.78, 5) is 38.8. The monoisotopic (exact) mass is 361 g/mol. The number of amides is 4. The van der Waals surface area contributed by atoms with Gasteiger partial charge in [0.2, 0.25) is 5.91 Å². The summed E-state index contributed by atoms with van der Waals surface area (Å²) in [6.07, 6.45) is 7.72. The number of hydrogen-bond donors (Lipinski definition) is 2. The maximum Gasteiger partial charge on any atom is 0.325 e. The van der Waals surface area contributed by atoms with Crippen LogP contribution in [0.1, 0.15) is 65.7 Å². The van der Waals surface area contributed by atoms with Crippen molar-refractivity contribution in [1.29, 1.82) is 0 Å². The van der Waals surface area contributed by atoms with Gasteiger partial charge >= 0.3 is 6.03 Å². The first-order valence-electron chi connectivity index (χ1n) is 10.1. The molecular weight excluding hydrogens is 330 g/mol. The zero-order chi connectivity index (χ0) is 18.7. The van der Waals surface area contributed by atoms with Gasteiger partial charge in [-0.1, -0.05) is 13.8 Å². The fourth-order valence-corrected chi connectivity index (χ4v) is 6.59. The van der Waals surface area contributed by atoms with Crippen molar-refractivity contribution in [1.82, 2.24) is 15.5 Å². The van der Waals surface area contributed by atoms with Gasteiger partial charge in [-0.3, -0.25) is 14.5 Å². The van der Waals surface area contributed by atoms with Crippen molar-refractivity contribution in [2.75, 3.05) is 6.54 Å². The van der Waals surface area contributed by atoms with Crippen molar-refractivity contribution >= 4 is 17.8 Å². The number of imide groups is 1. The fourth-order valence-electron chi connectivity index (χ4n) is 6.59. The summed E-state index contributed by atoms with van der Waals surface area (Å²) in [6, 6.07) is -0.446. The smallest absolute Gasteiger partial charge is 0.325 e. The van der Waals surface area contributed by atoms with E-state index in [9.17, 15) is 14.4 Å². The topological polar surface area (TPSA) is 78.5 Å². The summed E-state index contributed by atoms with van der Waals surface area (Å²) in [7, 11) is 0. The molecule has 0 aromatic carbocycles. The van der Waals surface area contributed by atoms with Crippen molar-refractivity contribution in [3.05, 3.63) is 0 Å². The van der Waals surface area contributed by atoms with Gasteiger partial charge in [-0.15, -0.1) is 0 Å². The molecule has 4 bridgehead atoms. The predicted molar refractivity (Wildman–Crippen MR) is 97.2 cm³/mol. The number of hydrogen-bond acceptors (Lipinski definition) is 3. The maximum atomic E-state index is 12.7. The highest BCUT2D eigenvalue weighted by Crippen LogP contribution is 2.55. The van der Waals surface area contributed by atoms with Crippen LogP contribution in [0.5, 0.6) is 0 Å². The first kappa shape index (κ1) is 17.8. The van der Waals surface area contributed by atoms with Crippen LogP contribution < -0.4 is 10.6 Å². The van der Waals surface area contributed by atoms with Gasteiger partial charge in [0, 0.05) is 5.54 Å². The molecule has 26 heavy (non-hydrogen) atoms. The highest BCUT2D eigenvalue weighted by Gasteiger charge is 2.52. The van der Waals surface area contributed by atoms with Crippen LogP contribution in [0, 0.1) is 23.7 Å². The van der Waals surface area contributed by atoms with E-state index in [1.807, 2.05) is 13.8 Å². The van der Waals surface area contributed by atoms with Gasteiger partial charge in [0.25, 0.3) is 5.91 Å². The van der Waals surface area contributed by atoms with Crippen molar-refractivity contribution < 1.29 is 14.4 Å². The maximum absolute atomic E-state index is 12.7. The molecule has 4 saturated carbocycles. The lowest BCUT2D eigenvalue weighted by Crippen LogP contribution is -2.61. The molecule has 2 N–H and O–H groups in total. The molecule has 6 heteroatoms. The molecule has 1 atom stereocenters. The second-order valence-electron chi connectivity index (χ2n) is 10.00. The zero-order valence-electron chi connectivity index (χ0n) is 16.1. The van der Waals surface area contributed by atoms with E-state index in [2.05, 4.69) is 10.6 Å². The highest BCUT2D eigenvalue weighted by molar-refractivity contribution is 6.08. The van der Waals surface area contributed by atoms with Crippen LogP contribution in [0.3, 0.4) is 0 Å². The van der Waals surface area contributed by atoms with Gasteiger partial charge in [0.15, 0.2) is 0 Å². The molecule has 0 radical (unpaired) electrons. The lowest BCUT2D eigenvalue weighted by atomic mass is 9.53. The molecule has 5 fully saturated rings. The Morgan fingerprint density at radius 1 is 1.15 bits per heavy atom. The largest absolute Gasteiger partial charge is 0.349 e. The molecule has 6 nitrogen and oxygen atoms in total. The lowest BCUT2D eigenvalue weighted by Gasteiger charge is -2.56. The van der Waals surface area contributed by atoms with Crippen LogP contribution in [0.25, 0.3) is 0 Å². The number of urea groups is 1. The standard InChI is InChI=1S/C20H31N3O3/c1-12(2)7-19(3)17(25)23(18(26)22-19)11-16(24)21-20-8-13-4-14(9-20)6-15(5-13)10-20/h12-15H,4-11H2,1-3H3,(H,21,24)(H,22,26)/t13?,14?,15?,19-,20?/m0/s1. The molecule has 0 unspecified atom stereocenters. The number of nitrogens with zero attached hydrogens (tertiary/aromatic N) is 1. The van der Waals surface area contributed by atoms with E-state index in [1.54, 1.807) is 6.92 Å². The minimum absolute atomic E-state index is 0.0910. The molecule has 144 valence electrons. The van der Waals surface area contributed by atoms with E-state index in [0.717, 1.165) is 41.9 Å². The van der Waals surface area contributed by atoms with E-state index in [1.165, 1.54) is 19.3 Å². The summed E-state index contributed by atoms with van der Waals surface area (Å²) in [5, 5.41) is 6.03. The van der Waals surface area contributed by atoms with E-state index in [0.29, 0.717) is 6.42 Å². The SMILES string of the molecule is CC(C)C[C@]1(C)NC(=O)N(CC(=O)NC23CC4CC(CC(C4)C2)C3)C1=O. The van der Waals surface area contributed by atoms with Gasteiger partial charge in [-0.25, -0.2) is 4.79 Å². The van der Waals surface area contributed by atoms with E-state index >= 15 is 0 Å². The summed E-state index contributed by atoms with van der Waals surface area (Å²) in [5.74, 6) is 2.04. The lowest BCUT2D eigenvalue weighted by molar-refractivity contribution is -0.136. The Balaban J connectivity index is 1.41. The molecule has 5 rings (SSSR count). The Kier molecular flexibility index (Phi) is 4.08. The Morgan fingerprint density at radius 2 is 1.69 bits per heavy atom. The zero-order valence-corrected chi connectivity index (χ0v) is 16.1. The predicted octanol–water partition coefficient (Wildman–Crippen LogP) is 2.43. The number of rotatable bonds is 5. The van der Waals surface area contributed by atoms with Crippen LogP contribution in [0.15, 0.2) is 0 Å². The van der Waals surface area contributed by atoms with E-state index in [4.69, 9.17) is 0 Å². The molecule has 0 spiro atoms. The third-order valence-electron chi connectivity index (χ3n) is 6.91. The first-order chi connectivity index (χ1) is 12.2. The third kappa shape index (κ3) is 3.01. The van der Waals surface area contributed by atoms with Crippen LogP contribution >= 0.6 is 0 Å². The van der Waals surface area contributed by atoms with Crippen molar-refractivity contribution in [2.24, 2.45) is 23.7 Å². The normalized spacial score (nSPS) is 41.1. The average Bonchev–Trinajstić information content (AvgIpc) is 2.67. The molecule has 0 aromatic rings. The van der Waals surface area contributed by atoms with Crippen LogP contribution in [0.4, 0.5) is 4.79 Å². The number of carbonyl (C=O) groups is 3. The van der Waals surface area contributed by atoms with Gasteiger partial charge in [-0.05, 0) is 75.5 Å². The molecule has 4 aliphatic carbocycles. The quantitative estimate of drug-likeness (QED) is 0.738. The Labute approximate surface area is 155 Å². The summed E-state index contributed by atoms with van der Waals surface area (Å²) in [5.41, 5.74) is -0.988. The van der Waals surface area contributed by atoms with Gasteiger partial charge in [0.1, 0.15) is 12.1 Å². The Hall–Kier alpha value is -1.59. The van der Waals surface area contributed by atoms with Crippen molar-refractivity contribution in [2.45, 2.75) is 76.8 Å². The minimum atomic E-state index is -0.897. The molecule has 0 aromatic heterocycles. The first-order valence-corrected chi connectivity index (χ1v) is 10.1. The summed E-state index contributed by atoms with van der Waals surface area (Å²) in [6.45, 7) is 5.63. The Bertz CT molecular complexity index is 609. The second kappa shape index (κ2) is 5.96. The fraction of sp³-hybridized carbons (Fsp3) is 0.850. The number of nitrogens with one attached hydrogen (secondary N) is 2. The molecule has 1 saturated heterocycles. The van der Waals surface area contributed by atoms with Gasteiger partial charge < -0.3 is 10.6 Å².